The molecule has 0 radical (unpaired) electrons. The molecule has 172 valence electrons. The number of carbonyl (C=O) groups is 1. The van der Waals surface area contributed by atoms with Crippen LogP contribution in [0.25, 0.3) is 0 Å². The SMILES string of the molecule is Cn1c(CCC2CCCCC2)nnc1SCC(=O)Nc1sc2c(c1C#N)CCCCCC2. The molecule has 8 heteroatoms. The van der Waals surface area contributed by atoms with Gasteiger partial charge in [0.15, 0.2) is 5.16 Å². The monoisotopic (exact) mass is 471 g/mol. The van der Waals surface area contributed by atoms with Crippen LogP contribution >= 0.6 is 23.1 Å². The molecule has 0 unspecified atom stereocenters. The van der Waals surface area contributed by atoms with E-state index >= 15 is 0 Å². The topological polar surface area (TPSA) is 83.6 Å². The number of hydrogen-bond acceptors (Lipinski definition) is 6. The number of anilines is 1. The minimum Gasteiger partial charge on any atom is -0.316 e. The molecule has 0 spiro atoms. The Kier molecular flexibility index (Phi) is 8.26. The van der Waals surface area contributed by atoms with E-state index in [0.717, 1.165) is 59.6 Å². The minimum absolute atomic E-state index is 0.0903. The molecule has 0 saturated heterocycles. The van der Waals surface area contributed by atoms with E-state index in [1.807, 2.05) is 11.6 Å². The molecule has 1 N–H and O–H groups in total. The Labute approximate surface area is 199 Å². The molecule has 1 amide bonds. The van der Waals surface area contributed by atoms with Gasteiger partial charge in [0.25, 0.3) is 0 Å². The fraction of sp³-hybridized carbons (Fsp3) is 0.667. The van der Waals surface area contributed by atoms with E-state index in [2.05, 4.69) is 21.6 Å². The highest BCUT2D eigenvalue weighted by molar-refractivity contribution is 7.99. The number of nitriles is 1. The van der Waals surface area contributed by atoms with Crippen molar-refractivity contribution in [3.8, 4) is 6.07 Å². The summed E-state index contributed by atoms with van der Waals surface area (Å²) in [4.78, 5) is 13.9. The number of thiophene rings is 1. The van der Waals surface area contributed by atoms with Crippen LogP contribution < -0.4 is 5.32 Å². The molecular weight excluding hydrogens is 438 g/mol. The molecule has 0 aromatic carbocycles. The maximum absolute atomic E-state index is 12.7. The van der Waals surface area contributed by atoms with E-state index in [1.54, 1.807) is 11.3 Å². The molecule has 1 fully saturated rings. The largest absolute Gasteiger partial charge is 0.316 e. The molecule has 0 atom stereocenters. The van der Waals surface area contributed by atoms with E-state index in [9.17, 15) is 10.1 Å². The van der Waals surface area contributed by atoms with Gasteiger partial charge in [0.05, 0.1) is 11.3 Å². The van der Waals surface area contributed by atoms with Crippen LogP contribution in [0, 0.1) is 17.2 Å². The molecule has 0 aliphatic heterocycles. The quantitative estimate of drug-likeness (QED) is 0.528. The predicted octanol–water partition coefficient (Wildman–Crippen LogP) is 5.65. The Balaban J connectivity index is 1.32. The zero-order valence-corrected chi connectivity index (χ0v) is 20.6. The molecule has 2 aliphatic carbocycles. The van der Waals surface area contributed by atoms with E-state index in [1.165, 1.54) is 68.0 Å². The van der Waals surface area contributed by atoms with Crippen LogP contribution in [0.15, 0.2) is 5.16 Å². The van der Waals surface area contributed by atoms with Gasteiger partial charge in [-0.2, -0.15) is 5.26 Å². The lowest BCUT2D eigenvalue weighted by Crippen LogP contribution is -2.14. The van der Waals surface area contributed by atoms with Crippen molar-refractivity contribution in [1.29, 1.82) is 5.26 Å². The van der Waals surface area contributed by atoms with Crippen molar-refractivity contribution in [3.05, 3.63) is 21.8 Å². The highest BCUT2D eigenvalue weighted by Gasteiger charge is 2.21. The van der Waals surface area contributed by atoms with Gasteiger partial charge in [-0.05, 0) is 43.6 Å². The van der Waals surface area contributed by atoms with Gasteiger partial charge in [0.2, 0.25) is 5.91 Å². The molecule has 2 aliphatic rings. The number of hydrogen-bond donors (Lipinski definition) is 1. The second-order valence-electron chi connectivity index (χ2n) is 9.07. The standard InChI is InChI=1S/C24H33N5OS2/c1-29-21(14-13-17-9-5-4-6-10-17)27-28-24(29)31-16-22(30)26-23-19(15-25)18-11-7-2-3-8-12-20(18)32-23/h17H,2-14,16H2,1H3,(H,26,30). The zero-order valence-electron chi connectivity index (χ0n) is 19.0. The Hall–Kier alpha value is -1.85. The summed E-state index contributed by atoms with van der Waals surface area (Å²) < 4.78 is 2.03. The highest BCUT2D eigenvalue weighted by Crippen LogP contribution is 2.36. The van der Waals surface area contributed by atoms with Gasteiger partial charge in [0.1, 0.15) is 16.9 Å². The molecule has 2 heterocycles. The minimum atomic E-state index is -0.0903. The number of carbonyl (C=O) groups excluding carboxylic acids is 1. The van der Waals surface area contributed by atoms with Gasteiger partial charge >= 0.3 is 0 Å². The number of thioether (sulfide) groups is 1. The van der Waals surface area contributed by atoms with Crippen molar-refractivity contribution in [3.63, 3.8) is 0 Å². The summed E-state index contributed by atoms with van der Waals surface area (Å²) in [7, 11) is 1.99. The van der Waals surface area contributed by atoms with Crippen LogP contribution in [0.2, 0.25) is 0 Å². The second kappa shape index (κ2) is 11.3. The highest BCUT2D eigenvalue weighted by atomic mass is 32.2. The lowest BCUT2D eigenvalue weighted by Gasteiger charge is -2.20. The summed E-state index contributed by atoms with van der Waals surface area (Å²) >= 11 is 3.00. The van der Waals surface area contributed by atoms with Gasteiger partial charge < -0.3 is 9.88 Å². The maximum atomic E-state index is 12.7. The van der Waals surface area contributed by atoms with Crippen LogP contribution in [-0.4, -0.2) is 26.4 Å². The third-order valence-electron chi connectivity index (χ3n) is 6.79. The first-order valence-electron chi connectivity index (χ1n) is 12.0. The van der Waals surface area contributed by atoms with Crippen molar-refractivity contribution in [1.82, 2.24) is 14.8 Å². The Morgan fingerprint density at radius 3 is 2.69 bits per heavy atom. The molecular formula is C24H33N5OS2. The van der Waals surface area contributed by atoms with Gasteiger partial charge in [-0.3, -0.25) is 4.79 Å². The van der Waals surface area contributed by atoms with E-state index in [-0.39, 0.29) is 11.7 Å². The van der Waals surface area contributed by atoms with Crippen LogP contribution in [0.5, 0.6) is 0 Å². The lowest BCUT2D eigenvalue weighted by molar-refractivity contribution is -0.113. The lowest BCUT2D eigenvalue weighted by atomic mass is 9.86. The average Bonchev–Trinajstić information content (AvgIpc) is 3.30. The number of nitrogens with zero attached hydrogens (tertiary/aromatic N) is 4. The number of aromatic nitrogens is 3. The molecule has 32 heavy (non-hydrogen) atoms. The van der Waals surface area contributed by atoms with Crippen molar-refractivity contribution in [2.75, 3.05) is 11.1 Å². The Bertz CT molecular complexity index is 968. The van der Waals surface area contributed by atoms with Crippen LogP contribution in [0.3, 0.4) is 0 Å². The first-order chi connectivity index (χ1) is 15.7. The van der Waals surface area contributed by atoms with E-state index < -0.39 is 0 Å². The van der Waals surface area contributed by atoms with Crippen LogP contribution in [0.4, 0.5) is 5.00 Å². The molecule has 1 saturated carbocycles. The van der Waals surface area contributed by atoms with E-state index in [0.29, 0.717) is 5.56 Å². The third-order valence-corrected chi connectivity index (χ3v) is 9.02. The Morgan fingerprint density at radius 2 is 1.91 bits per heavy atom. The number of amides is 1. The summed E-state index contributed by atoms with van der Waals surface area (Å²) in [6, 6.07) is 2.35. The maximum Gasteiger partial charge on any atom is 0.235 e. The van der Waals surface area contributed by atoms with Crippen molar-refractivity contribution in [2.24, 2.45) is 13.0 Å². The fourth-order valence-corrected chi connectivity index (χ4v) is 6.90. The number of nitrogens with one attached hydrogen (secondary N) is 1. The molecule has 4 rings (SSSR count). The molecule has 2 aromatic rings. The van der Waals surface area contributed by atoms with Crippen molar-refractivity contribution >= 4 is 34.0 Å². The van der Waals surface area contributed by atoms with Gasteiger partial charge in [-0.25, -0.2) is 0 Å². The third kappa shape index (κ3) is 5.74. The summed E-state index contributed by atoms with van der Waals surface area (Å²) in [5.74, 6) is 2.00. The van der Waals surface area contributed by atoms with Gasteiger partial charge in [-0.1, -0.05) is 56.7 Å². The zero-order chi connectivity index (χ0) is 22.3. The number of rotatable bonds is 7. The van der Waals surface area contributed by atoms with Crippen molar-refractivity contribution < 1.29 is 4.79 Å². The van der Waals surface area contributed by atoms with Gasteiger partial charge in [-0.15, -0.1) is 21.5 Å². The summed E-state index contributed by atoms with van der Waals surface area (Å²) in [5.41, 5.74) is 1.84. The first-order valence-corrected chi connectivity index (χ1v) is 13.8. The summed E-state index contributed by atoms with van der Waals surface area (Å²) in [6.45, 7) is 0. The predicted molar refractivity (Wildman–Crippen MR) is 130 cm³/mol. The normalized spacial score (nSPS) is 17.2. The molecule has 0 bridgehead atoms. The van der Waals surface area contributed by atoms with Crippen LogP contribution in [0.1, 0.15) is 86.0 Å². The smallest absolute Gasteiger partial charge is 0.235 e. The van der Waals surface area contributed by atoms with E-state index in [4.69, 9.17) is 0 Å². The second-order valence-corrected chi connectivity index (χ2v) is 11.1. The number of aryl methyl sites for hydroxylation is 2. The number of fused-ring (bicyclic) bond motifs is 1. The first kappa shape index (κ1) is 23.3. The fourth-order valence-electron chi connectivity index (χ4n) is 4.92. The van der Waals surface area contributed by atoms with Crippen molar-refractivity contribution in [2.45, 2.75) is 88.6 Å². The van der Waals surface area contributed by atoms with Crippen LogP contribution in [-0.2, 0) is 31.1 Å². The molecule has 6 nitrogen and oxygen atoms in total. The van der Waals surface area contributed by atoms with Gasteiger partial charge in [0, 0.05) is 18.3 Å². The summed E-state index contributed by atoms with van der Waals surface area (Å²) in [5, 5.41) is 22.9. The average molecular weight is 472 g/mol. The Morgan fingerprint density at radius 1 is 1.16 bits per heavy atom. The summed E-state index contributed by atoms with van der Waals surface area (Å²) in [6.07, 6.45) is 15.6. The molecule has 2 aromatic heterocycles.